The number of rotatable bonds is 3. The number of hydrogen-bond donors (Lipinski definition) is 0. The minimum absolute atomic E-state index is 0.707. The van der Waals surface area contributed by atoms with Crippen molar-refractivity contribution in [1.82, 2.24) is 19.5 Å². The lowest BCUT2D eigenvalue weighted by Crippen LogP contribution is -2.00. The Kier molecular flexibility index (Phi) is 3.71. The molecule has 0 saturated carbocycles. The summed E-state index contributed by atoms with van der Waals surface area (Å²) in [6.07, 6.45) is 7.34. The molecule has 4 nitrogen and oxygen atoms in total. The van der Waals surface area contributed by atoms with E-state index in [0.29, 0.717) is 5.02 Å². The van der Waals surface area contributed by atoms with Crippen LogP contribution in [0.4, 0.5) is 0 Å². The standard InChI is InChI=1S/C14H11ClN4S/c1-20-14-17-7-6-12(18-14)19-9-8-16-13(19)10-2-4-11(15)5-3-10/h2-9H,1H3. The summed E-state index contributed by atoms with van der Waals surface area (Å²) in [6.45, 7) is 0. The molecular weight excluding hydrogens is 292 g/mol. The number of thioether (sulfide) groups is 1. The zero-order valence-electron chi connectivity index (χ0n) is 10.7. The number of aromatic nitrogens is 4. The van der Waals surface area contributed by atoms with E-state index in [2.05, 4.69) is 15.0 Å². The van der Waals surface area contributed by atoms with Gasteiger partial charge in [0, 0.05) is 29.2 Å². The third-order valence-corrected chi connectivity index (χ3v) is 3.61. The van der Waals surface area contributed by atoms with E-state index in [4.69, 9.17) is 11.6 Å². The first-order valence-corrected chi connectivity index (χ1v) is 7.55. The molecular formula is C14H11ClN4S. The molecule has 0 fully saturated rings. The first-order valence-electron chi connectivity index (χ1n) is 5.94. The molecule has 0 aliphatic carbocycles. The molecule has 0 radical (unpaired) electrons. The van der Waals surface area contributed by atoms with Crippen LogP contribution in [0.15, 0.2) is 54.1 Å². The highest BCUT2D eigenvalue weighted by atomic mass is 35.5. The van der Waals surface area contributed by atoms with Gasteiger partial charge in [-0.3, -0.25) is 4.57 Å². The van der Waals surface area contributed by atoms with Crippen LogP contribution in [0.2, 0.25) is 5.02 Å². The molecule has 0 saturated heterocycles. The van der Waals surface area contributed by atoms with Crippen molar-refractivity contribution in [2.45, 2.75) is 5.16 Å². The van der Waals surface area contributed by atoms with E-state index in [0.717, 1.165) is 22.4 Å². The number of imidazole rings is 1. The maximum atomic E-state index is 5.92. The van der Waals surface area contributed by atoms with Crippen molar-refractivity contribution in [2.24, 2.45) is 0 Å². The maximum Gasteiger partial charge on any atom is 0.189 e. The smallest absolute Gasteiger partial charge is 0.189 e. The third-order valence-electron chi connectivity index (χ3n) is 2.79. The van der Waals surface area contributed by atoms with Gasteiger partial charge in [0.25, 0.3) is 0 Å². The third kappa shape index (κ3) is 2.55. The van der Waals surface area contributed by atoms with Crippen molar-refractivity contribution >= 4 is 23.4 Å². The van der Waals surface area contributed by atoms with Gasteiger partial charge in [0.05, 0.1) is 0 Å². The molecule has 0 unspecified atom stereocenters. The SMILES string of the molecule is CSc1nccc(-n2ccnc2-c2ccc(Cl)cc2)n1. The number of halogens is 1. The summed E-state index contributed by atoms with van der Waals surface area (Å²) in [5.74, 6) is 1.62. The lowest BCUT2D eigenvalue weighted by Gasteiger charge is -2.07. The van der Waals surface area contributed by atoms with Crippen molar-refractivity contribution in [3.05, 3.63) is 53.9 Å². The monoisotopic (exact) mass is 302 g/mol. The van der Waals surface area contributed by atoms with Crippen molar-refractivity contribution < 1.29 is 0 Å². The Hall–Kier alpha value is -1.85. The summed E-state index contributed by atoms with van der Waals surface area (Å²) < 4.78 is 1.94. The summed E-state index contributed by atoms with van der Waals surface area (Å²) in [4.78, 5) is 13.1. The minimum Gasteiger partial charge on any atom is -0.284 e. The van der Waals surface area contributed by atoms with Crippen LogP contribution in [0.3, 0.4) is 0 Å². The van der Waals surface area contributed by atoms with Gasteiger partial charge in [0.15, 0.2) is 5.16 Å². The van der Waals surface area contributed by atoms with E-state index < -0.39 is 0 Å². The zero-order valence-corrected chi connectivity index (χ0v) is 12.3. The Morgan fingerprint density at radius 2 is 1.85 bits per heavy atom. The van der Waals surface area contributed by atoms with Crippen LogP contribution >= 0.6 is 23.4 Å². The highest BCUT2D eigenvalue weighted by Crippen LogP contribution is 2.22. The van der Waals surface area contributed by atoms with E-state index in [9.17, 15) is 0 Å². The van der Waals surface area contributed by atoms with E-state index in [1.807, 2.05) is 47.4 Å². The summed E-state index contributed by atoms with van der Waals surface area (Å²) in [6, 6.07) is 9.45. The summed E-state index contributed by atoms with van der Waals surface area (Å²) in [5, 5.41) is 1.44. The Morgan fingerprint density at radius 1 is 1.05 bits per heavy atom. The first kappa shape index (κ1) is 13.1. The molecule has 3 aromatic rings. The second-order valence-electron chi connectivity index (χ2n) is 4.03. The predicted molar refractivity (Wildman–Crippen MR) is 81.4 cm³/mol. The van der Waals surface area contributed by atoms with Gasteiger partial charge in [0.2, 0.25) is 0 Å². The highest BCUT2D eigenvalue weighted by molar-refractivity contribution is 7.98. The highest BCUT2D eigenvalue weighted by Gasteiger charge is 2.09. The van der Waals surface area contributed by atoms with Crippen LogP contribution in [0, 0.1) is 0 Å². The molecule has 0 atom stereocenters. The van der Waals surface area contributed by atoms with Crippen LogP contribution in [0.1, 0.15) is 0 Å². The van der Waals surface area contributed by atoms with Crippen molar-refractivity contribution in [1.29, 1.82) is 0 Å². The van der Waals surface area contributed by atoms with Gasteiger partial charge in [-0.15, -0.1) is 0 Å². The molecule has 2 aromatic heterocycles. The van der Waals surface area contributed by atoms with Crippen LogP contribution in [0.25, 0.3) is 17.2 Å². The Bertz CT molecular complexity index is 724. The van der Waals surface area contributed by atoms with E-state index in [1.165, 1.54) is 11.8 Å². The molecule has 3 rings (SSSR count). The lowest BCUT2D eigenvalue weighted by molar-refractivity contribution is 0.894. The lowest BCUT2D eigenvalue weighted by atomic mass is 10.2. The van der Waals surface area contributed by atoms with Crippen molar-refractivity contribution in [3.63, 3.8) is 0 Å². The zero-order chi connectivity index (χ0) is 13.9. The number of hydrogen-bond acceptors (Lipinski definition) is 4. The fourth-order valence-corrected chi connectivity index (χ4v) is 2.34. The fourth-order valence-electron chi connectivity index (χ4n) is 1.87. The maximum absolute atomic E-state index is 5.92. The molecule has 100 valence electrons. The molecule has 2 heterocycles. The fraction of sp³-hybridized carbons (Fsp3) is 0.0714. The molecule has 20 heavy (non-hydrogen) atoms. The molecule has 6 heteroatoms. The Morgan fingerprint density at radius 3 is 2.60 bits per heavy atom. The molecule has 0 aliphatic heterocycles. The van der Waals surface area contributed by atoms with Crippen LogP contribution in [0.5, 0.6) is 0 Å². The molecule has 0 amide bonds. The number of nitrogens with zero attached hydrogens (tertiary/aromatic N) is 4. The average molecular weight is 303 g/mol. The van der Waals surface area contributed by atoms with E-state index in [-0.39, 0.29) is 0 Å². The van der Waals surface area contributed by atoms with Gasteiger partial charge in [-0.05, 0) is 36.6 Å². The number of benzene rings is 1. The van der Waals surface area contributed by atoms with Gasteiger partial charge in [-0.25, -0.2) is 15.0 Å². The molecule has 0 bridgehead atoms. The van der Waals surface area contributed by atoms with E-state index >= 15 is 0 Å². The largest absolute Gasteiger partial charge is 0.284 e. The molecule has 0 aliphatic rings. The van der Waals surface area contributed by atoms with Crippen LogP contribution in [-0.4, -0.2) is 25.8 Å². The van der Waals surface area contributed by atoms with Crippen LogP contribution < -0.4 is 0 Å². The topological polar surface area (TPSA) is 43.6 Å². The van der Waals surface area contributed by atoms with Crippen molar-refractivity contribution in [3.8, 4) is 17.2 Å². The van der Waals surface area contributed by atoms with Crippen molar-refractivity contribution in [2.75, 3.05) is 6.26 Å². The minimum atomic E-state index is 0.707. The van der Waals surface area contributed by atoms with Gasteiger partial charge in [-0.1, -0.05) is 23.4 Å². The van der Waals surface area contributed by atoms with Crippen LogP contribution in [-0.2, 0) is 0 Å². The average Bonchev–Trinajstić information content (AvgIpc) is 2.97. The second kappa shape index (κ2) is 5.64. The van der Waals surface area contributed by atoms with Gasteiger partial charge in [-0.2, -0.15) is 0 Å². The van der Waals surface area contributed by atoms with Gasteiger partial charge in [0.1, 0.15) is 11.6 Å². The molecule has 1 aromatic carbocycles. The second-order valence-corrected chi connectivity index (χ2v) is 5.24. The molecule has 0 spiro atoms. The van der Waals surface area contributed by atoms with Gasteiger partial charge < -0.3 is 0 Å². The molecule has 0 N–H and O–H groups in total. The quantitative estimate of drug-likeness (QED) is 0.546. The summed E-state index contributed by atoms with van der Waals surface area (Å²) in [7, 11) is 0. The Labute approximate surface area is 125 Å². The normalized spacial score (nSPS) is 10.7. The Balaban J connectivity index is 2.07. The first-order chi connectivity index (χ1) is 9.78. The predicted octanol–water partition coefficient (Wildman–Crippen LogP) is 3.70. The summed E-state index contributed by atoms with van der Waals surface area (Å²) in [5.41, 5.74) is 0.990. The van der Waals surface area contributed by atoms with Gasteiger partial charge >= 0.3 is 0 Å². The summed E-state index contributed by atoms with van der Waals surface area (Å²) >= 11 is 7.43. The van der Waals surface area contributed by atoms with E-state index in [1.54, 1.807) is 12.4 Å².